The van der Waals surface area contributed by atoms with Gasteiger partial charge in [-0.2, -0.15) is 0 Å². The minimum Gasteiger partial charge on any atom is -0.481 e. The van der Waals surface area contributed by atoms with E-state index in [0.29, 0.717) is 6.61 Å². The summed E-state index contributed by atoms with van der Waals surface area (Å²) < 4.78 is 4.97. The molecular formula is C11H20O4. The molecule has 0 rings (SSSR count). The molecule has 4 heteroatoms. The van der Waals surface area contributed by atoms with Crippen molar-refractivity contribution in [3.8, 4) is 0 Å². The molecule has 0 radical (unpaired) electrons. The average molecular weight is 216 g/mol. The molecule has 0 bridgehead atoms. The van der Waals surface area contributed by atoms with Gasteiger partial charge in [-0.05, 0) is 19.3 Å². The predicted molar refractivity (Wildman–Crippen MR) is 56.5 cm³/mol. The number of carbonyl (C=O) groups excluding carboxylic acids is 1. The SMILES string of the molecule is CCC(CC)(CC)COC(=O)CC(=O)O. The molecule has 0 saturated heterocycles. The minimum absolute atomic E-state index is 0.00810. The molecular weight excluding hydrogens is 196 g/mol. The second-order valence-electron chi connectivity index (χ2n) is 3.79. The number of carboxylic acid groups (broad SMARTS) is 1. The zero-order valence-corrected chi connectivity index (χ0v) is 9.71. The zero-order chi connectivity index (χ0) is 11.9. The highest BCUT2D eigenvalue weighted by Gasteiger charge is 2.26. The Hall–Kier alpha value is -1.06. The van der Waals surface area contributed by atoms with Gasteiger partial charge in [0.15, 0.2) is 0 Å². The van der Waals surface area contributed by atoms with Crippen molar-refractivity contribution in [1.29, 1.82) is 0 Å². The minimum atomic E-state index is -1.14. The molecule has 0 aliphatic heterocycles. The van der Waals surface area contributed by atoms with Gasteiger partial charge in [0, 0.05) is 5.41 Å². The average Bonchev–Trinajstić information content (AvgIpc) is 2.20. The van der Waals surface area contributed by atoms with E-state index in [1.54, 1.807) is 0 Å². The number of ether oxygens (including phenoxy) is 1. The van der Waals surface area contributed by atoms with Gasteiger partial charge in [-0.25, -0.2) is 0 Å². The van der Waals surface area contributed by atoms with Crippen LogP contribution in [0.15, 0.2) is 0 Å². The predicted octanol–water partition coefficient (Wildman–Crippen LogP) is 2.22. The molecule has 0 saturated carbocycles. The van der Waals surface area contributed by atoms with E-state index in [-0.39, 0.29) is 5.41 Å². The highest BCUT2D eigenvalue weighted by Crippen LogP contribution is 2.30. The second-order valence-corrected chi connectivity index (χ2v) is 3.79. The van der Waals surface area contributed by atoms with Crippen LogP contribution in [0, 0.1) is 5.41 Å². The van der Waals surface area contributed by atoms with Gasteiger partial charge < -0.3 is 9.84 Å². The van der Waals surface area contributed by atoms with E-state index in [4.69, 9.17) is 9.84 Å². The smallest absolute Gasteiger partial charge is 0.317 e. The maximum Gasteiger partial charge on any atom is 0.317 e. The second kappa shape index (κ2) is 6.43. The molecule has 0 aromatic carbocycles. The van der Waals surface area contributed by atoms with E-state index in [1.165, 1.54) is 0 Å². The van der Waals surface area contributed by atoms with E-state index in [0.717, 1.165) is 19.3 Å². The Morgan fingerprint density at radius 1 is 1.13 bits per heavy atom. The third-order valence-corrected chi connectivity index (χ3v) is 3.08. The van der Waals surface area contributed by atoms with Crippen LogP contribution in [-0.4, -0.2) is 23.7 Å². The van der Waals surface area contributed by atoms with Gasteiger partial charge in [0.25, 0.3) is 0 Å². The fourth-order valence-corrected chi connectivity index (χ4v) is 1.46. The molecule has 0 aliphatic rings. The fraction of sp³-hybridized carbons (Fsp3) is 0.818. The molecule has 0 unspecified atom stereocenters. The maximum atomic E-state index is 11.0. The van der Waals surface area contributed by atoms with E-state index in [1.807, 2.05) is 0 Å². The normalized spacial score (nSPS) is 11.1. The quantitative estimate of drug-likeness (QED) is 0.523. The van der Waals surface area contributed by atoms with Crippen LogP contribution in [0.5, 0.6) is 0 Å². The molecule has 0 aliphatic carbocycles. The Kier molecular flexibility index (Phi) is 5.97. The van der Waals surface area contributed by atoms with Crippen molar-refractivity contribution in [2.24, 2.45) is 5.41 Å². The molecule has 0 atom stereocenters. The monoisotopic (exact) mass is 216 g/mol. The highest BCUT2D eigenvalue weighted by molar-refractivity contribution is 5.90. The summed E-state index contributed by atoms with van der Waals surface area (Å²) in [5.41, 5.74) is 0.00810. The Balaban J connectivity index is 4.10. The Bertz CT molecular complexity index is 210. The van der Waals surface area contributed by atoms with Crippen LogP contribution in [0.1, 0.15) is 46.5 Å². The molecule has 0 amide bonds. The van der Waals surface area contributed by atoms with Crippen LogP contribution >= 0.6 is 0 Å². The molecule has 0 aromatic rings. The molecule has 15 heavy (non-hydrogen) atoms. The first-order valence-corrected chi connectivity index (χ1v) is 5.37. The number of hydrogen-bond acceptors (Lipinski definition) is 3. The first-order valence-electron chi connectivity index (χ1n) is 5.37. The molecule has 4 nitrogen and oxygen atoms in total. The lowest BCUT2D eigenvalue weighted by Crippen LogP contribution is -2.27. The van der Waals surface area contributed by atoms with E-state index >= 15 is 0 Å². The lowest BCUT2D eigenvalue weighted by molar-refractivity contribution is -0.154. The molecule has 0 heterocycles. The van der Waals surface area contributed by atoms with Crippen molar-refractivity contribution in [3.63, 3.8) is 0 Å². The van der Waals surface area contributed by atoms with Gasteiger partial charge in [0.05, 0.1) is 6.61 Å². The maximum absolute atomic E-state index is 11.0. The third kappa shape index (κ3) is 4.81. The number of hydrogen-bond donors (Lipinski definition) is 1. The van der Waals surface area contributed by atoms with Crippen LogP contribution in [0.2, 0.25) is 0 Å². The van der Waals surface area contributed by atoms with Crippen molar-refractivity contribution in [2.75, 3.05) is 6.61 Å². The summed E-state index contributed by atoms with van der Waals surface area (Å²) in [5.74, 6) is -1.79. The lowest BCUT2D eigenvalue weighted by Gasteiger charge is -2.29. The van der Waals surface area contributed by atoms with E-state index < -0.39 is 18.4 Å². The van der Waals surface area contributed by atoms with Gasteiger partial charge in [-0.15, -0.1) is 0 Å². The fourth-order valence-electron chi connectivity index (χ4n) is 1.46. The van der Waals surface area contributed by atoms with Crippen LogP contribution < -0.4 is 0 Å². The summed E-state index contributed by atoms with van der Waals surface area (Å²) in [5, 5.41) is 8.38. The van der Waals surface area contributed by atoms with E-state index in [9.17, 15) is 9.59 Å². The molecule has 88 valence electrons. The van der Waals surface area contributed by atoms with Gasteiger partial charge in [0.1, 0.15) is 6.42 Å². The summed E-state index contributed by atoms with van der Waals surface area (Å²) in [7, 11) is 0. The van der Waals surface area contributed by atoms with Crippen LogP contribution in [-0.2, 0) is 14.3 Å². The first-order chi connectivity index (χ1) is 6.99. The van der Waals surface area contributed by atoms with Gasteiger partial charge in [-0.3, -0.25) is 9.59 Å². The standard InChI is InChI=1S/C11H20O4/c1-4-11(5-2,6-3)8-15-10(14)7-9(12)13/h4-8H2,1-3H3,(H,12,13). The van der Waals surface area contributed by atoms with Gasteiger partial charge in [0.2, 0.25) is 0 Å². The van der Waals surface area contributed by atoms with Crippen molar-refractivity contribution in [2.45, 2.75) is 46.5 Å². The van der Waals surface area contributed by atoms with Crippen molar-refractivity contribution >= 4 is 11.9 Å². The summed E-state index contributed by atoms with van der Waals surface area (Å²) in [6.45, 7) is 6.48. The Morgan fingerprint density at radius 3 is 1.93 bits per heavy atom. The topological polar surface area (TPSA) is 63.6 Å². The van der Waals surface area contributed by atoms with E-state index in [2.05, 4.69) is 20.8 Å². The number of rotatable bonds is 7. The molecule has 0 fully saturated rings. The Labute approximate surface area is 90.6 Å². The van der Waals surface area contributed by atoms with Gasteiger partial charge in [-0.1, -0.05) is 20.8 Å². The summed E-state index contributed by atoms with van der Waals surface area (Å²) >= 11 is 0. The van der Waals surface area contributed by atoms with Gasteiger partial charge >= 0.3 is 11.9 Å². The van der Waals surface area contributed by atoms with Crippen molar-refractivity contribution in [3.05, 3.63) is 0 Å². The van der Waals surface area contributed by atoms with Crippen molar-refractivity contribution in [1.82, 2.24) is 0 Å². The number of carbonyl (C=O) groups is 2. The first kappa shape index (κ1) is 13.9. The number of esters is 1. The number of aliphatic carboxylic acids is 1. The van der Waals surface area contributed by atoms with Crippen LogP contribution in [0.25, 0.3) is 0 Å². The summed E-state index contributed by atoms with van der Waals surface area (Å²) in [4.78, 5) is 21.3. The molecule has 0 aromatic heterocycles. The van der Waals surface area contributed by atoms with Crippen molar-refractivity contribution < 1.29 is 19.4 Å². The number of carboxylic acids is 1. The zero-order valence-electron chi connectivity index (χ0n) is 9.71. The van der Waals surface area contributed by atoms with Crippen LogP contribution in [0.4, 0.5) is 0 Å². The largest absolute Gasteiger partial charge is 0.481 e. The lowest BCUT2D eigenvalue weighted by atomic mass is 9.81. The summed E-state index contributed by atoms with van der Waals surface area (Å²) in [6.07, 6.45) is 2.24. The Morgan fingerprint density at radius 2 is 1.60 bits per heavy atom. The molecule has 0 spiro atoms. The third-order valence-electron chi connectivity index (χ3n) is 3.08. The van der Waals surface area contributed by atoms with Crippen LogP contribution in [0.3, 0.4) is 0 Å². The molecule has 1 N–H and O–H groups in total. The highest BCUT2D eigenvalue weighted by atomic mass is 16.5. The summed E-state index contributed by atoms with van der Waals surface area (Å²) in [6, 6.07) is 0.